The number of anilines is 1. The molecule has 1 aromatic heterocycles. The van der Waals surface area contributed by atoms with Gasteiger partial charge in [-0.1, -0.05) is 0 Å². The number of fused-ring (bicyclic) bond motifs is 2. The van der Waals surface area contributed by atoms with Crippen LogP contribution < -0.4 is 11.3 Å². The molecule has 21 heavy (non-hydrogen) atoms. The first-order chi connectivity index (χ1) is 10.0. The van der Waals surface area contributed by atoms with E-state index < -0.39 is 10.0 Å². The van der Waals surface area contributed by atoms with E-state index in [2.05, 4.69) is 22.4 Å². The van der Waals surface area contributed by atoms with Crippen molar-refractivity contribution in [1.82, 2.24) is 14.2 Å². The number of hydrazine groups is 1. The van der Waals surface area contributed by atoms with Crippen LogP contribution in [0.15, 0.2) is 23.4 Å². The van der Waals surface area contributed by atoms with Crippen molar-refractivity contribution in [2.24, 2.45) is 5.84 Å². The van der Waals surface area contributed by atoms with Crippen LogP contribution in [0.2, 0.25) is 0 Å². The Morgan fingerprint density at radius 2 is 2.10 bits per heavy atom. The van der Waals surface area contributed by atoms with Crippen LogP contribution in [0.1, 0.15) is 19.3 Å². The lowest BCUT2D eigenvalue weighted by molar-refractivity contribution is 0.246. The summed E-state index contributed by atoms with van der Waals surface area (Å²) in [4.78, 5) is 6.34. The molecule has 3 rings (SSSR count). The lowest BCUT2D eigenvalue weighted by atomic mass is 10.1. The van der Waals surface area contributed by atoms with Gasteiger partial charge in [-0.25, -0.2) is 13.4 Å². The second-order valence-electron chi connectivity index (χ2n) is 5.70. The minimum atomic E-state index is -3.62. The number of nitrogens with two attached hydrogens (primary N) is 1. The predicted octanol–water partition coefficient (Wildman–Crippen LogP) is 0.224. The summed E-state index contributed by atoms with van der Waals surface area (Å²) >= 11 is 0. The normalized spacial score (nSPS) is 27.5. The van der Waals surface area contributed by atoms with Crippen molar-refractivity contribution in [3.63, 3.8) is 0 Å². The van der Waals surface area contributed by atoms with Gasteiger partial charge in [0.15, 0.2) is 5.03 Å². The van der Waals surface area contributed by atoms with E-state index in [1.807, 2.05) is 0 Å². The number of nitrogens with one attached hydrogen (secondary N) is 1. The number of sulfonamides is 1. The second kappa shape index (κ2) is 5.53. The Labute approximate surface area is 125 Å². The average Bonchev–Trinajstić information content (AvgIpc) is 2.71. The van der Waals surface area contributed by atoms with E-state index >= 15 is 0 Å². The van der Waals surface area contributed by atoms with E-state index in [0.717, 1.165) is 19.3 Å². The number of pyridine rings is 1. The summed E-state index contributed by atoms with van der Waals surface area (Å²) in [7, 11) is -1.53. The minimum absolute atomic E-state index is 0.00734. The SMILES string of the molecule is CN1C2CCC1CN(S(=O)(=O)c1ncccc1NN)CC2. The van der Waals surface area contributed by atoms with E-state index in [-0.39, 0.29) is 5.03 Å². The molecule has 2 unspecified atom stereocenters. The Bertz CT molecular complexity index is 621. The van der Waals surface area contributed by atoms with Gasteiger partial charge in [0.25, 0.3) is 10.0 Å². The first kappa shape index (κ1) is 14.7. The molecule has 2 aliphatic rings. The Balaban J connectivity index is 1.92. The van der Waals surface area contributed by atoms with Gasteiger partial charge in [-0.3, -0.25) is 10.7 Å². The zero-order valence-corrected chi connectivity index (χ0v) is 12.9. The molecule has 0 radical (unpaired) electrons. The molecule has 116 valence electrons. The van der Waals surface area contributed by atoms with Crippen molar-refractivity contribution >= 4 is 15.7 Å². The number of hydrogen-bond donors (Lipinski definition) is 2. The Hall–Kier alpha value is -1.22. The van der Waals surface area contributed by atoms with Crippen molar-refractivity contribution in [1.29, 1.82) is 0 Å². The molecule has 3 N–H and O–H groups in total. The molecule has 0 amide bonds. The van der Waals surface area contributed by atoms with E-state index in [1.165, 1.54) is 6.20 Å². The Morgan fingerprint density at radius 3 is 2.86 bits per heavy atom. The van der Waals surface area contributed by atoms with Gasteiger partial charge in [-0.05, 0) is 38.4 Å². The van der Waals surface area contributed by atoms with Crippen LogP contribution in [0.5, 0.6) is 0 Å². The highest BCUT2D eigenvalue weighted by Crippen LogP contribution is 2.31. The zero-order valence-electron chi connectivity index (χ0n) is 12.1. The monoisotopic (exact) mass is 311 g/mol. The van der Waals surface area contributed by atoms with E-state index in [4.69, 9.17) is 5.84 Å². The molecule has 0 spiro atoms. The van der Waals surface area contributed by atoms with Gasteiger partial charge in [0, 0.05) is 31.4 Å². The first-order valence-electron chi connectivity index (χ1n) is 7.17. The largest absolute Gasteiger partial charge is 0.321 e. The highest BCUT2D eigenvalue weighted by atomic mass is 32.2. The van der Waals surface area contributed by atoms with Gasteiger partial charge >= 0.3 is 0 Å². The number of nitrogens with zero attached hydrogens (tertiary/aromatic N) is 3. The molecule has 2 saturated heterocycles. The van der Waals surface area contributed by atoms with E-state index in [1.54, 1.807) is 16.4 Å². The number of aromatic nitrogens is 1. The maximum absolute atomic E-state index is 12.9. The van der Waals surface area contributed by atoms with E-state index in [9.17, 15) is 8.42 Å². The lowest BCUT2D eigenvalue weighted by Gasteiger charge is -2.25. The summed E-state index contributed by atoms with van der Waals surface area (Å²) in [6.45, 7) is 1.06. The zero-order chi connectivity index (χ0) is 15.0. The molecular weight excluding hydrogens is 290 g/mol. The Morgan fingerprint density at radius 1 is 1.33 bits per heavy atom. The number of likely N-dealkylation sites (N-methyl/N-ethyl adjacent to an activating group) is 1. The highest BCUT2D eigenvalue weighted by Gasteiger charge is 2.39. The van der Waals surface area contributed by atoms with Gasteiger partial charge in [0.1, 0.15) is 0 Å². The van der Waals surface area contributed by atoms with Gasteiger partial charge in [-0.15, -0.1) is 0 Å². The van der Waals surface area contributed by atoms with Gasteiger partial charge in [0.05, 0.1) is 5.69 Å². The summed E-state index contributed by atoms with van der Waals surface area (Å²) < 4.78 is 27.3. The van der Waals surface area contributed by atoms with Crippen LogP contribution in [-0.4, -0.2) is 54.8 Å². The fourth-order valence-corrected chi connectivity index (χ4v) is 4.88. The summed E-state index contributed by atoms with van der Waals surface area (Å²) in [6.07, 6.45) is 4.56. The molecule has 0 aliphatic carbocycles. The average molecular weight is 311 g/mol. The molecular formula is C13H21N5O2S. The molecule has 8 heteroatoms. The van der Waals surface area contributed by atoms with Crippen LogP contribution in [0.3, 0.4) is 0 Å². The summed E-state index contributed by atoms with van der Waals surface area (Å²) in [5.41, 5.74) is 2.75. The number of hydrogen-bond acceptors (Lipinski definition) is 6. The molecule has 3 heterocycles. The van der Waals surface area contributed by atoms with Crippen LogP contribution in [0, 0.1) is 0 Å². The third-order valence-electron chi connectivity index (χ3n) is 4.62. The fourth-order valence-electron chi connectivity index (χ4n) is 3.32. The topological polar surface area (TPSA) is 91.6 Å². The second-order valence-corrected chi connectivity index (χ2v) is 7.56. The van der Waals surface area contributed by atoms with Crippen LogP contribution in [-0.2, 0) is 10.0 Å². The minimum Gasteiger partial charge on any atom is -0.321 e. The fraction of sp³-hybridized carbons (Fsp3) is 0.615. The summed E-state index contributed by atoms with van der Waals surface area (Å²) in [6, 6.07) is 4.07. The maximum Gasteiger partial charge on any atom is 0.262 e. The molecule has 0 saturated carbocycles. The molecule has 2 bridgehead atoms. The van der Waals surface area contributed by atoms with Crippen molar-refractivity contribution in [3.05, 3.63) is 18.3 Å². The smallest absolute Gasteiger partial charge is 0.262 e. The lowest BCUT2D eigenvalue weighted by Crippen LogP contribution is -2.40. The van der Waals surface area contributed by atoms with E-state index in [0.29, 0.717) is 30.9 Å². The Kier molecular flexibility index (Phi) is 3.87. The summed E-state index contributed by atoms with van der Waals surface area (Å²) in [5.74, 6) is 5.41. The van der Waals surface area contributed by atoms with Crippen molar-refractivity contribution in [3.8, 4) is 0 Å². The third-order valence-corrected chi connectivity index (χ3v) is 6.45. The van der Waals surface area contributed by atoms with Crippen molar-refractivity contribution in [2.75, 3.05) is 25.6 Å². The van der Waals surface area contributed by atoms with Gasteiger partial charge < -0.3 is 5.43 Å². The standard InChI is InChI=1S/C13H21N5O2S/c1-17-10-4-5-11(17)9-18(8-6-10)21(19,20)13-12(16-14)3-2-7-15-13/h2-3,7,10-11,16H,4-6,8-9,14H2,1H3. The van der Waals surface area contributed by atoms with Crippen molar-refractivity contribution < 1.29 is 8.42 Å². The number of nitrogen functional groups attached to an aromatic ring is 1. The molecule has 2 aliphatic heterocycles. The van der Waals surface area contributed by atoms with Crippen LogP contribution >= 0.6 is 0 Å². The molecule has 2 atom stereocenters. The molecule has 0 aromatic carbocycles. The van der Waals surface area contributed by atoms with Gasteiger partial charge in [-0.2, -0.15) is 4.31 Å². The third kappa shape index (κ3) is 2.52. The first-order valence-corrected chi connectivity index (χ1v) is 8.61. The van der Waals surface area contributed by atoms with Crippen molar-refractivity contribution in [2.45, 2.75) is 36.4 Å². The molecule has 2 fully saturated rings. The van der Waals surface area contributed by atoms with Crippen LogP contribution in [0.4, 0.5) is 5.69 Å². The molecule has 1 aromatic rings. The maximum atomic E-state index is 12.9. The summed E-state index contributed by atoms with van der Waals surface area (Å²) in [5, 5.41) is 0.00734. The van der Waals surface area contributed by atoms with Gasteiger partial charge in [0.2, 0.25) is 0 Å². The quantitative estimate of drug-likeness (QED) is 0.613. The number of rotatable bonds is 3. The van der Waals surface area contributed by atoms with Crippen LogP contribution in [0.25, 0.3) is 0 Å². The predicted molar refractivity (Wildman–Crippen MR) is 80.0 cm³/mol. The highest BCUT2D eigenvalue weighted by molar-refractivity contribution is 7.89. The molecule has 7 nitrogen and oxygen atoms in total.